The highest BCUT2D eigenvalue weighted by Crippen LogP contribution is 2.16. The molecule has 2 heterocycles. The summed E-state index contributed by atoms with van der Waals surface area (Å²) in [7, 11) is 2.26. The lowest BCUT2D eigenvalue weighted by Crippen LogP contribution is -2.43. The van der Waals surface area contributed by atoms with Crippen LogP contribution in [0, 0.1) is 0 Å². The van der Waals surface area contributed by atoms with Gasteiger partial charge in [0.25, 0.3) is 0 Å². The third kappa shape index (κ3) is 4.57. The quantitative estimate of drug-likeness (QED) is 0.744. The van der Waals surface area contributed by atoms with Gasteiger partial charge in [-0.1, -0.05) is 6.42 Å². The predicted octanol–water partition coefficient (Wildman–Crippen LogP) is 2.02. The van der Waals surface area contributed by atoms with E-state index >= 15 is 0 Å². The van der Waals surface area contributed by atoms with E-state index in [9.17, 15) is 0 Å². The highest BCUT2D eigenvalue weighted by atomic mass is 16.5. The first-order valence-corrected chi connectivity index (χ1v) is 7.39. The molecule has 0 aliphatic carbocycles. The van der Waals surface area contributed by atoms with Crippen LogP contribution in [0.3, 0.4) is 0 Å². The second-order valence-corrected chi connectivity index (χ2v) is 5.61. The Balaban J connectivity index is 1.53. The summed E-state index contributed by atoms with van der Waals surface area (Å²) < 4.78 is 5.74. The Morgan fingerprint density at radius 2 is 2.06 bits per heavy atom. The second-order valence-electron chi connectivity index (χ2n) is 5.61. The van der Waals surface area contributed by atoms with Gasteiger partial charge in [-0.15, -0.1) is 0 Å². The lowest BCUT2D eigenvalue weighted by molar-refractivity contribution is 0.0113. The average molecular weight is 240 g/mol. The third-order valence-electron chi connectivity index (χ3n) is 4.22. The topological polar surface area (TPSA) is 24.5 Å². The van der Waals surface area contributed by atoms with Gasteiger partial charge in [-0.05, 0) is 58.7 Å². The fourth-order valence-corrected chi connectivity index (χ4v) is 2.97. The van der Waals surface area contributed by atoms with Crippen LogP contribution in [0.15, 0.2) is 0 Å². The fourth-order valence-electron chi connectivity index (χ4n) is 2.97. The van der Waals surface area contributed by atoms with Crippen molar-refractivity contribution in [3.05, 3.63) is 0 Å². The maximum Gasteiger partial charge on any atom is 0.0587 e. The molecule has 2 fully saturated rings. The Hall–Kier alpha value is -0.120. The first kappa shape index (κ1) is 13.3. The third-order valence-corrected chi connectivity index (χ3v) is 4.22. The van der Waals surface area contributed by atoms with Crippen LogP contribution in [0.25, 0.3) is 0 Å². The molecule has 100 valence electrons. The van der Waals surface area contributed by atoms with E-state index in [0.717, 1.165) is 25.7 Å². The molecule has 0 bridgehead atoms. The predicted molar refractivity (Wildman–Crippen MR) is 71.3 cm³/mol. The summed E-state index contributed by atoms with van der Waals surface area (Å²) in [5.41, 5.74) is 0. The Morgan fingerprint density at radius 3 is 2.82 bits per heavy atom. The highest BCUT2D eigenvalue weighted by Gasteiger charge is 2.18. The minimum atomic E-state index is 0.528. The monoisotopic (exact) mass is 240 g/mol. The Labute approximate surface area is 106 Å². The molecule has 0 spiro atoms. The van der Waals surface area contributed by atoms with Crippen molar-refractivity contribution in [2.45, 2.75) is 57.1 Å². The standard InChI is InChI=1S/C14H28N2O/c1-16-10-4-2-6-13(16)12-15-9-8-14-7-3-5-11-17-14/h13-15H,2-12H2,1H3. The van der Waals surface area contributed by atoms with Crippen LogP contribution in [0.5, 0.6) is 0 Å². The van der Waals surface area contributed by atoms with Gasteiger partial charge in [-0.2, -0.15) is 0 Å². The van der Waals surface area contributed by atoms with E-state index in [0.29, 0.717) is 6.10 Å². The maximum absolute atomic E-state index is 5.74. The Bertz CT molecular complexity index is 204. The molecule has 2 saturated heterocycles. The summed E-state index contributed by atoms with van der Waals surface area (Å²) in [6.07, 6.45) is 9.75. The van der Waals surface area contributed by atoms with Gasteiger partial charge in [0, 0.05) is 19.2 Å². The molecule has 2 rings (SSSR count). The zero-order valence-electron chi connectivity index (χ0n) is 11.3. The van der Waals surface area contributed by atoms with Crippen molar-refractivity contribution < 1.29 is 4.74 Å². The van der Waals surface area contributed by atoms with E-state index in [1.807, 2.05) is 0 Å². The van der Waals surface area contributed by atoms with Crippen molar-refractivity contribution in [1.82, 2.24) is 10.2 Å². The largest absolute Gasteiger partial charge is 0.378 e. The van der Waals surface area contributed by atoms with Gasteiger partial charge in [0.1, 0.15) is 0 Å². The number of likely N-dealkylation sites (tertiary alicyclic amines) is 1. The Morgan fingerprint density at radius 1 is 1.18 bits per heavy atom. The molecule has 2 atom stereocenters. The molecule has 2 aliphatic rings. The molecular weight excluding hydrogens is 212 g/mol. The van der Waals surface area contributed by atoms with Gasteiger partial charge in [0.2, 0.25) is 0 Å². The molecule has 0 aromatic heterocycles. The normalized spacial score (nSPS) is 31.6. The van der Waals surface area contributed by atoms with Crippen molar-refractivity contribution in [3.8, 4) is 0 Å². The summed E-state index contributed by atoms with van der Waals surface area (Å²) in [6.45, 7) is 4.53. The van der Waals surface area contributed by atoms with Crippen LogP contribution in [-0.2, 0) is 4.74 Å². The molecular formula is C14H28N2O. The summed E-state index contributed by atoms with van der Waals surface area (Å²) in [6, 6.07) is 0.760. The number of nitrogens with one attached hydrogen (secondary N) is 1. The number of likely N-dealkylation sites (N-methyl/N-ethyl adjacent to an activating group) is 1. The first-order chi connectivity index (χ1) is 8.36. The Kier molecular flexibility index (Phi) is 5.75. The van der Waals surface area contributed by atoms with E-state index in [-0.39, 0.29) is 0 Å². The van der Waals surface area contributed by atoms with Crippen LogP contribution >= 0.6 is 0 Å². The molecule has 0 saturated carbocycles. The lowest BCUT2D eigenvalue weighted by Gasteiger charge is -2.32. The molecule has 0 aromatic carbocycles. The minimum Gasteiger partial charge on any atom is -0.378 e. The summed E-state index contributed by atoms with van der Waals surface area (Å²) in [4.78, 5) is 2.51. The number of nitrogens with zero attached hydrogens (tertiary/aromatic N) is 1. The fraction of sp³-hybridized carbons (Fsp3) is 1.00. The smallest absolute Gasteiger partial charge is 0.0587 e. The van der Waals surface area contributed by atoms with Gasteiger partial charge < -0.3 is 15.0 Å². The molecule has 2 aliphatic heterocycles. The number of ether oxygens (including phenoxy) is 1. The molecule has 0 radical (unpaired) electrons. The van der Waals surface area contributed by atoms with Gasteiger partial charge in [-0.3, -0.25) is 0 Å². The first-order valence-electron chi connectivity index (χ1n) is 7.39. The van der Waals surface area contributed by atoms with E-state index in [1.54, 1.807) is 0 Å². The van der Waals surface area contributed by atoms with Crippen LogP contribution in [0.2, 0.25) is 0 Å². The van der Waals surface area contributed by atoms with Crippen LogP contribution < -0.4 is 5.32 Å². The van der Waals surface area contributed by atoms with Crippen LogP contribution in [0.4, 0.5) is 0 Å². The molecule has 0 amide bonds. The van der Waals surface area contributed by atoms with Gasteiger partial charge in [0.05, 0.1) is 6.10 Å². The number of hydrogen-bond donors (Lipinski definition) is 1. The van der Waals surface area contributed by atoms with E-state index in [1.165, 1.54) is 51.5 Å². The van der Waals surface area contributed by atoms with Gasteiger partial charge in [0.15, 0.2) is 0 Å². The zero-order chi connectivity index (χ0) is 11.9. The summed E-state index contributed by atoms with van der Waals surface area (Å²) in [5, 5.41) is 3.61. The lowest BCUT2D eigenvalue weighted by atomic mass is 10.0. The SMILES string of the molecule is CN1CCCCC1CNCCC1CCCCO1. The number of rotatable bonds is 5. The van der Waals surface area contributed by atoms with E-state index in [4.69, 9.17) is 4.74 Å². The van der Waals surface area contributed by atoms with Crippen molar-refractivity contribution >= 4 is 0 Å². The zero-order valence-corrected chi connectivity index (χ0v) is 11.3. The van der Waals surface area contributed by atoms with Crippen molar-refractivity contribution in [2.24, 2.45) is 0 Å². The molecule has 0 aromatic rings. The van der Waals surface area contributed by atoms with Gasteiger partial charge >= 0.3 is 0 Å². The summed E-state index contributed by atoms with van der Waals surface area (Å²) >= 11 is 0. The number of piperidine rings is 1. The average Bonchev–Trinajstić information content (AvgIpc) is 2.38. The number of hydrogen-bond acceptors (Lipinski definition) is 3. The minimum absolute atomic E-state index is 0.528. The van der Waals surface area contributed by atoms with Crippen molar-refractivity contribution in [1.29, 1.82) is 0 Å². The van der Waals surface area contributed by atoms with Crippen molar-refractivity contribution in [3.63, 3.8) is 0 Å². The van der Waals surface area contributed by atoms with E-state index < -0.39 is 0 Å². The summed E-state index contributed by atoms with van der Waals surface area (Å²) in [5.74, 6) is 0. The second kappa shape index (κ2) is 7.34. The molecule has 2 unspecified atom stereocenters. The van der Waals surface area contributed by atoms with Crippen LogP contribution in [0.1, 0.15) is 44.9 Å². The molecule has 17 heavy (non-hydrogen) atoms. The van der Waals surface area contributed by atoms with Crippen LogP contribution in [-0.4, -0.2) is 50.3 Å². The van der Waals surface area contributed by atoms with Crippen molar-refractivity contribution in [2.75, 3.05) is 33.3 Å². The molecule has 1 N–H and O–H groups in total. The maximum atomic E-state index is 5.74. The highest BCUT2D eigenvalue weighted by molar-refractivity contribution is 4.76. The molecule has 3 heteroatoms. The molecule has 3 nitrogen and oxygen atoms in total. The van der Waals surface area contributed by atoms with E-state index in [2.05, 4.69) is 17.3 Å². The van der Waals surface area contributed by atoms with Gasteiger partial charge in [-0.25, -0.2) is 0 Å².